The summed E-state index contributed by atoms with van der Waals surface area (Å²) in [6, 6.07) is 0. The Morgan fingerprint density at radius 2 is 1.89 bits per heavy atom. The molecule has 1 rings (SSSR count). The predicted molar refractivity (Wildman–Crippen MR) is 57.6 cm³/mol. The van der Waals surface area contributed by atoms with Crippen LogP contribution in [0.1, 0.15) is 25.4 Å². The van der Waals surface area contributed by atoms with Gasteiger partial charge in [-0.2, -0.15) is 0 Å². The van der Waals surface area contributed by atoms with Crippen LogP contribution in [0.5, 0.6) is 0 Å². The van der Waals surface area contributed by atoms with Gasteiger partial charge in [-0.1, -0.05) is 13.8 Å². The second-order valence-corrected chi connectivity index (χ2v) is 3.86. The highest BCUT2D eigenvalue weighted by Crippen LogP contribution is 2.06. The monoisotopic (exact) mass is 258 g/mol. The van der Waals surface area contributed by atoms with E-state index in [0.717, 1.165) is 0 Å². The first-order valence-corrected chi connectivity index (χ1v) is 5.31. The third-order valence-corrected chi connectivity index (χ3v) is 2.00. The van der Waals surface area contributed by atoms with Crippen LogP contribution in [-0.2, 0) is 25.7 Å². The number of rotatable bonds is 5. The van der Waals surface area contributed by atoms with Crippen molar-refractivity contribution in [3.63, 3.8) is 0 Å². The highest BCUT2D eigenvalue weighted by atomic mass is 16.6. The molecule has 0 unspecified atom stereocenters. The van der Waals surface area contributed by atoms with E-state index in [0.29, 0.717) is 0 Å². The number of aryl methyl sites for hydroxylation is 1. The fourth-order valence-corrected chi connectivity index (χ4v) is 0.991. The predicted octanol–water partition coefficient (Wildman–Crippen LogP) is 0.784. The van der Waals surface area contributed by atoms with Crippen LogP contribution in [0.25, 0.3) is 0 Å². The molecule has 0 bridgehead atoms. The summed E-state index contributed by atoms with van der Waals surface area (Å²) in [5.41, 5.74) is 0. The van der Waals surface area contributed by atoms with E-state index in [1.807, 2.05) is 0 Å². The first-order chi connectivity index (χ1) is 8.40. The third-order valence-electron chi connectivity index (χ3n) is 2.00. The Hall–Kier alpha value is -2.05. The number of hydrogen-bond acceptors (Lipinski definition) is 7. The van der Waals surface area contributed by atoms with Gasteiger partial charge in [0.1, 0.15) is 0 Å². The lowest BCUT2D eigenvalue weighted by molar-refractivity contribution is -0.161. The molecule has 1 aromatic heterocycles. The van der Waals surface area contributed by atoms with Gasteiger partial charge in [-0.05, 0) is 6.92 Å². The Bertz CT molecular complexity index is 480. The molecule has 18 heavy (non-hydrogen) atoms. The molecule has 0 N–H and O–H groups in total. The fraction of sp³-hybridized carbons (Fsp3) is 0.545. The molecular formula is C11H14O7. The molecule has 1 heterocycles. The van der Waals surface area contributed by atoms with Crippen LogP contribution in [0.15, 0.2) is 13.6 Å². The minimum Gasteiger partial charge on any atom is -0.455 e. The average molecular weight is 258 g/mol. The van der Waals surface area contributed by atoms with E-state index >= 15 is 0 Å². The Morgan fingerprint density at radius 1 is 1.22 bits per heavy atom. The molecule has 7 heteroatoms. The number of ether oxygens (including phenoxy) is 2. The van der Waals surface area contributed by atoms with Gasteiger partial charge in [-0.25, -0.2) is 9.59 Å². The van der Waals surface area contributed by atoms with Crippen LogP contribution >= 0.6 is 0 Å². The second kappa shape index (κ2) is 6.04. The van der Waals surface area contributed by atoms with Gasteiger partial charge in [0.25, 0.3) is 0 Å². The molecule has 0 aromatic carbocycles. The zero-order valence-electron chi connectivity index (χ0n) is 10.3. The van der Waals surface area contributed by atoms with Crippen LogP contribution in [0.3, 0.4) is 0 Å². The lowest BCUT2D eigenvalue weighted by Gasteiger charge is -2.06. The molecule has 0 aliphatic carbocycles. The number of hydrogen-bond donors (Lipinski definition) is 0. The van der Waals surface area contributed by atoms with Crippen molar-refractivity contribution in [2.45, 2.75) is 27.4 Å². The first-order valence-electron chi connectivity index (χ1n) is 5.31. The smallest absolute Gasteiger partial charge is 0.455 e. The molecular weight excluding hydrogens is 244 g/mol. The van der Waals surface area contributed by atoms with E-state index in [2.05, 4.69) is 13.6 Å². The van der Waals surface area contributed by atoms with Gasteiger partial charge in [0.2, 0.25) is 0 Å². The fourth-order valence-electron chi connectivity index (χ4n) is 0.991. The molecule has 0 atom stereocenters. The molecule has 0 radical (unpaired) electrons. The summed E-state index contributed by atoms with van der Waals surface area (Å²) >= 11 is 0. The molecule has 0 amide bonds. The van der Waals surface area contributed by atoms with Crippen molar-refractivity contribution >= 4 is 11.9 Å². The first kappa shape index (κ1) is 14.0. The SMILES string of the molecule is Cc1oc(=O)oc1COC(=O)COC(=O)C(C)C. The van der Waals surface area contributed by atoms with Gasteiger partial charge in [0.15, 0.2) is 24.7 Å². The van der Waals surface area contributed by atoms with Crippen LogP contribution < -0.4 is 5.82 Å². The van der Waals surface area contributed by atoms with Gasteiger partial charge >= 0.3 is 17.8 Å². The summed E-state index contributed by atoms with van der Waals surface area (Å²) in [5.74, 6) is -2.02. The summed E-state index contributed by atoms with van der Waals surface area (Å²) in [6.45, 7) is 4.09. The Kier molecular flexibility index (Phi) is 4.70. The van der Waals surface area contributed by atoms with Crippen LogP contribution in [0, 0.1) is 12.8 Å². The molecule has 7 nitrogen and oxygen atoms in total. The van der Waals surface area contributed by atoms with Crippen LogP contribution in [-0.4, -0.2) is 18.5 Å². The van der Waals surface area contributed by atoms with E-state index in [9.17, 15) is 14.4 Å². The molecule has 1 aromatic rings. The van der Waals surface area contributed by atoms with Crippen molar-refractivity contribution in [3.05, 3.63) is 22.1 Å². The Morgan fingerprint density at radius 3 is 2.39 bits per heavy atom. The molecule has 0 saturated carbocycles. The van der Waals surface area contributed by atoms with Gasteiger partial charge in [-0.3, -0.25) is 4.79 Å². The number of esters is 2. The second-order valence-electron chi connectivity index (χ2n) is 3.86. The summed E-state index contributed by atoms with van der Waals surface area (Å²) in [4.78, 5) is 33.0. The molecule has 0 aliphatic rings. The summed E-state index contributed by atoms with van der Waals surface area (Å²) < 4.78 is 18.6. The zero-order chi connectivity index (χ0) is 13.7. The highest BCUT2D eigenvalue weighted by molar-refractivity contribution is 5.77. The standard InChI is InChI=1S/C11H14O7/c1-6(2)10(13)16-5-9(12)15-4-8-7(3)17-11(14)18-8/h6H,4-5H2,1-3H3. The molecule has 0 spiro atoms. The van der Waals surface area contributed by atoms with E-state index in [1.165, 1.54) is 6.92 Å². The van der Waals surface area contributed by atoms with E-state index in [4.69, 9.17) is 4.74 Å². The number of carbonyl (C=O) groups is 2. The lowest BCUT2D eigenvalue weighted by atomic mass is 10.2. The zero-order valence-corrected chi connectivity index (χ0v) is 10.3. The Balaban J connectivity index is 2.36. The topological polar surface area (TPSA) is 96.0 Å². The minimum atomic E-state index is -0.857. The Labute approximate surface area is 103 Å². The maximum atomic E-state index is 11.2. The van der Waals surface area contributed by atoms with E-state index in [1.54, 1.807) is 13.8 Å². The van der Waals surface area contributed by atoms with Crippen molar-refractivity contribution in [2.24, 2.45) is 5.92 Å². The average Bonchev–Trinajstić information content (AvgIpc) is 2.61. The van der Waals surface area contributed by atoms with Crippen molar-refractivity contribution in [3.8, 4) is 0 Å². The van der Waals surface area contributed by atoms with Crippen LogP contribution in [0.4, 0.5) is 0 Å². The van der Waals surface area contributed by atoms with Gasteiger partial charge in [-0.15, -0.1) is 0 Å². The summed E-state index contributed by atoms with van der Waals surface area (Å²) in [6.07, 6.45) is 0. The van der Waals surface area contributed by atoms with Crippen molar-refractivity contribution in [2.75, 3.05) is 6.61 Å². The molecule has 0 aliphatic heterocycles. The van der Waals surface area contributed by atoms with Crippen molar-refractivity contribution in [1.29, 1.82) is 0 Å². The lowest BCUT2D eigenvalue weighted by Crippen LogP contribution is -2.19. The van der Waals surface area contributed by atoms with Gasteiger partial charge < -0.3 is 18.3 Å². The minimum absolute atomic E-state index is 0.128. The molecule has 100 valence electrons. The van der Waals surface area contributed by atoms with Crippen molar-refractivity contribution < 1.29 is 27.9 Å². The normalized spacial score (nSPS) is 10.4. The summed E-state index contributed by atoms with van der Waals surface area (Å²) in [7, 11) is 0. The largest absolute Gasteiger partial charge is 0.519 e. The van der Waals surface area contributed by atoms with Crippen molar-refractivity contribution in [1.82, 2.24) is 0 Å². The third kappa shape index (κ3) is 4.08. The maximum Gasteiger partial charge on any atom is 0.519 e. The maximum absolute atomic E-state index is 11.2. The van der Waals surface area contributed by atoms with E-state index < -0.39 is 24.4 Å². The van der Waals surface area contributed by atoms with Gasteiger partial charge in [0, 0.05) is 0 Å². The van der Waals surface area contributed by atoms with Gasteiger partial charge in [0.05, 0.1) is 5.92 Å². The molecule has 0 saturated heterocycles. The quantitative estimate of drug-likeness (QED) is 0.720. The van der Waals surface area contributed by atoms with E-state index in [-0.39, 0.29) is 24.0 Å². The summed E-state index contributed by atoms with van der Waals surface area (Å²) in [5, 5.41) is 0. The number of carbonyl (C=O) groups excluding carboxylic acids is 2. The van der Waals surface area contributed by atoms with Crippen LogP contribution in [0.2, 0.25) is 0 Å². The highest BCUT2D eigenvalue weighted by Gasteiger charge is 2.14. The molecule has 0 fully saturated rings.